The first-order valence-corrected chi connectivity index (χ1v) is 8.93. The van der Waals surface area contributed by atoms with Gasteiger partial charge in [-0.25, -0.2) is 14.8 Å². The lowest BCUT2D eigenvalue weighted by Gasteiger charge is -2.34. The van der Waals surface area contributed by atoms with Crippen LogP contribution >= 0.6 is 0 Å². The van der Waals surface area contributed by atoms with Gasteiger partial charge in [-0.2, -0.15) is 0 Å². The van der Waals surface area contributed by atoms with E-state index in [9.17, 15) is 9.59 Å². The lowest BCUT2D eigenvalue weighted by atomic mass is 10.2. The number of nitrogens with zero attached hydrogens (tertiary/aromatic N) is 4. The van der Waals surface area contributed by atoms with Gasteiger partial charge in [0.05, 0.1) is 12.2 Å². The van der Waals surface area contributed by atoms with Gasteiger partial charge in [0.15, 0.2) is 0 Å². The van der Waals surface area contributed by atoms with Gasteiger partial charge in [-0.05, 0) is 31.2 Å². The zero-order valence-electron chi connectivity index (χ0n) is 15.5. The molecule has 0 saturated carbocycles. The summed E-state index contributed by atoms with van der Waals surface area (Å²) in [6, 6.07) is 8.91. The number of rotatable bonds is 5. The minimum absolute atomic E-state index is 0.103. The molecule has 0 unspecified atom stereocenters. The first-order chi connectivity index (χ1) is 13.1. The van der Waals surface area contributed by atoms with E-state index in [1.165, 1.54) is 6.33 Å². The van der Waals surface area contributed by atoms with Gasteiger partial charge in [-0.15, -0.1) is 0 Å². The molecule has 0 spiro atoms. The molecule has 1 N–H and O–H groups in total. The zero-order valence-corrected chi connectivity index (χ0v) is 15.5. The van der Waals surface area contributed by atoms with Gasteiger partial charge in [0.25, 0.3) is 0 Å². The lowest BCUT2D eigenvalue weighted by Crippen LogP contribution is -2.48. The molecule has 1 fully saturated rings. The second kappa shape index (κ2) is 8.48. The third kappa shape index (κ3) is 4.72. The van der Waals surface area contributed by atoms with Crippen molar-refractivity contribution in [1.29, 1.82) is 0 Å². The molecule has 1 aromatic carbocycles. The topological polar surface area (TPSA) is 87.7 Å². The Morgan fingerprint density at radius 2 is 1.81 bits per heavy atom. The Labute approximate surface area is 158 Å². The number of piperazine rings is 1. The molecule has 1 aliphatic rings. The second-order valence-corrected chi connectivity index (χ2v) is 6.18. The van der Waals surface area contributed by atoms with Crippen molar-refractivity contribution in [3.8, 4) is 0 Å². The van der Waals surface area contributed by atoms with Crippen molar-refractivity contribution in [2.75, 3.05) is 43.0 Å². The van der Waals surface area contributed by atoms with Gasteiger partial charge >= 0.3 is 5.97 Å². The third-order valence-corrected chi connectivity index (χ3v) is 4.37. The number of hydrogen-bond donors (Lipinski definition) is 1. The Bertz CT molecular complexity index is 801. The quantitative estimate of drug-likeness (QED) is 0.807. The maximum Gasteiger partial charge on any atom is 0.338 e. The molecule has 1 saturated heterocycles. The summed E-state index contributed by atoms with van der Waals surface area (Å²) in [7, 11) is 0. The Balaban J connectivity index is 1.64. The molecule has 3 rings (SSSR count). The highest BCUT2D eigenvalue weighted by Crippen LogP contribution is 2.20. The van der Waals surface area contributed by atoms with Gasteiger partial charge in [0.1, 0.15) is 18.0 Å². The Kier molecular flexibility index (Phi) is 5.85. The van der Waals surface area contributed by atoms with E-state index in [2.05, 4.69) is 20.2 Å². The summed E-state index contributed by atoms with van der Waals surface area (Å²) in [6.45, 7) is 6.59. The number of aromatic nitrogens is 2. The Morgan fingerprint density at radius 1 is 1.11 bits per heavy atom. The molecule has 2 aromatic rings. The number of ether oxygens (including phenoxy) is 1. The molecule has 2 heterocycles. The van der Waals surface area contributed by atoms with Crippen LogP contribution in [0.15, 0.2) is 36.7 Å². The highest BCUT2D eigenvalue weighted by molar-refractivity contribution is 5.89. The van der Waals surface area contributed by atoms with Crippen LogP contribution in [0.5, 0.6) is 0 Å². The summed E-state index contributed by atoms with van der Waals surface area (Å²) in [6.07, 6.45) is 1.52. The van der Waals surface area contributed by atoms with Crippen LogP contribution in [-0.2, 0) is 9.53 Å². The first-order valence-electron chi connectivity index (χ1n) is 8.93. The fraction of sp³-hybridized carbons (Fsp3) is 0.368. The van der Waals surface area contributed by atoms with Crippen LogP contribution in [0.2, 0.25) is 0 Å². The van der Waals surface area contributed by atoms with E-state index in [1.807, 2.05) is 11.0 Å². The van der Waals surface area contributed by atoms with Gasteiger partial charge in [0.2, 0.25) is 5.91 Å². The summed E-state index contributed by atoms with van der Waals surface area (Å²) in [5, 5.41) is 3.21. The van der Waals surface area contributed by atoms with Gasteiger partial charge in [0, 0.05) is 44.9 Å². The fourth-order valence-electron chi connectivity index (χ4n) is 2.89. The van der Waals surface area contributed by atoms with E-state index < -0.39 is 0 Å². The van der Waals surface area contributed by atoms with E-state index in [0.717, 1.165) is 24.6 Å². The van der Waals surface area contributed by atoms with Crippen LogP contribution in [0, 0.1) is 0 Å². The number of amides is 1. The summed E-state index contributed by atoms with van der Waals surface area (Å²) < 4.78 is 4.98. The summed E-state index contributed by atoms with van der Waals surface area (Å²) >= 11 is 0. The SMILES string of the molecule is CCOC(=O)c1ccc(Nc2cc(N3CCN(C(C)=O)CC3)ncn2)cc1. The predicted octanol–water partition coefficient (Wildman–Crippen LogP) is 2.07. The minimum atomic E-state index is -0.335. The van der Waals surface area contributed by atoms with Crippen LogP contribution < -0.4 is 10.2 Å². The number of benzene rings is 1. The average Bonchev–Trinajstić information content (AvgIpc) is 2.69. The van der Waals surface area contributed by atoms with E-state index in [-0.39, 0.29) is 11.9 Å². The third-order valence-electron chi connectivity index (χ3n) is 4.37. The van der Waals surface area contributed by atoms with Crippen LogP contribution in [0.4, 0.5) is 17.3 Å². The molecule has 0 bridgehead atoms. The van der Waals surface area contributed by atoms with E-state index in [4.69, 9.17) is 4.74 Å². The molecule has 1 amide bonds. The first kappa shape index (κ1) is 18.6. The maximum atomic E-state index is 11.7. The van der Waals surface area contributed by atoms with E-state index >= 15 is 0 Å². The average molecular weight is 369 g/mol. The lowest BCUT2D eigenvalue weighted by molar-refractivity contribution is -0.129. The van der Waals surface area contributed by atoms with Crippen molar-refractivity contribution in [2.24, 2.45) is 0 Å². The smallest absolute Gasteiger partial charge is 0.338 e. The molecule has 0 atom stereocenters. The zero-order chi connectivity index (χ0) is 19.2. The van der Waals surface area contributed by atoms with Gasteiger partial charge in [-0.1, -0.05) is 0 Å². The molecule has 0 radical (unpaired) electrons. The van der Waals surface area contributed by atoms with Crippen molar-refractivity contribution < 1.29 is 14.3 Å². The van der Waals surface area contributed by atoms with Crippen molar-refractivity contribution in [3.63, 3.8) is 0 Å². The number of carbonyl (C=O) groups is 2. The summed E-state index contributed by atoms with van der Waals surface area (Å²) in [5.74, 6) is 1.25. The van der Waals surface area contributed by atoms with Crippen LogP contribution in [-0.4, -0.2) is 59.5 Å². The van der Waals surface area contributed by atoms with Crippen LogP contribution in [0.3, 0.4) is 0 Å². The van der Waals surface area contributed by atoms with E-state index in [1.54, 1.807) is 38.1 Å². The molecule has 1 aliphatic heterocycles. The van der Waals surface area contributed by atoms with Crippen LogP contribution in [0.1, 0.15) is 24.2 Å². The molecule has 0 aliphatic carbocycles. The Hall–Kier alpha value is -3.16. The molecular formula is C19H23N5O3. The standard InChI is InChI=1S/C19H23N5O3/c1-3-27-19(26)15-4-6-16(7-5-15)22-17-12-18(21-13-20-17)24-10-8-23(9-11-24)14(2)25/h4-7,12-13H,3,8-11H2,1-2H3,(H,20,21,22). The number of esters is 1. The molecule has 8 heteroatoms. The highest BCUT2D eigenvalue weighted by Gasteiger charge is 2.19. The number of hydrogen-bond acceptors (Lipinski definition) is 7. The highest BCUT2D eigenvalue weighted by atomic mass is 16.5. The number of nitrogens with one attached hydrogen (secondary N) is 1. The molecule has 8 nitrogen and oxygen atoms in total. The Morgan fingerprint density at radius 3 is 2.44 bits per heavy atom. The largest absolute Gasteiger partial charge is 0.462 e. The van der Waals surface area contributed by atoms with Crippen molar-refractivity contribution in [2.45, 2.75) is 13.8 Å². The second-order valence-electron chi connectivity index (χ2n) is 6.18. The van der Waals surface area contributed by atoms with Gasteiger partial charge in [-0.3, -0.25) is 4.79 Å². The summed E-state index contributed by atoms with van der Waals surface area (Å²) in [4.78, 5) is 35.7. The summed E-state index contributed by atoms with van der Waals surface area (Å²) in [5.41, 5.74) is 1.32. The van der Waals surface area contributed by atoms with E-state index in [0.29, 0.717) is 31.1 Å². The number of carbonyl (C=O) groups excluding carboxylic acids is 2. The van der Waals surface area contributed by atoms with Crippen LogP contribution in [0.25, 0.3) is 0 Å². The normalized spacial score (nSPS) is 14.0. The van der Waals surface area contributed by atoms with Gasteiger partial charge < -0.3 is 19.9 Å². The maximum absolute atomic E-state index is 11.7. The fourth-order valence-corrected chi connectivity index (χ4v) is 2.89. The minimum Gasteiger partial charge on any atom is -0.462 e. The molecule has 142 valence electrons. The van der Waals surface area contributed by atoms with Crippen molar-refractivity contribution in [1.82, 2.24) is 14.9 Å². The molecule has 27 heavy (non-hydrogen) atoms. The molecular weight excluding hydrogens is 346 g/mol. The monoisotopic (exact) mass is 369 g/mol. The van der Waals surface area contributed by atoms with Crippen molar-refractivity contribution >= 4 is 29.2 Å². The number of anilines is 3. The van der Waals surface area contributed by atoms with Crippen molar-refractivity contribution in [3.05, 3.63) is 42.2 Å². The molecule has 1 aromatic heterocycles. The predicted molar refractivity (Wildman–Crippen MR) is 102 cm³/mol.